The molecular formula is C19H22ClN5O2. The molecule has 1 aromatic carbocycles. The van der Waals surface area contributed by atoms with Crippen molar-refractivity contribution in [1.29, 1.82) is 0 Å². The Hall–Kier alpha value is -2.54. The van der Waals surface area contributed by atoms with Crippen LogP contribution in [-0.4, -0.2) is 39.7 Å². The number of halogens is 1. The van der Waals surface area contributed by atoms with Gasteiger partial charge in [-0.05, 0) is 37.8 Å². The van der Waals surface area contributed by atoms with Gasteiger partial charge in [-0.1, -0.05) is 23.7 Å². The molecule has 4 rings (SSSR count). The second-order valence-electron chi connectivity index (χ2n) is 7.05. The molecule has 1 saturated carbocycles. The highest BCUT2D eigenvalue weighted by molar-refractivity contribution is 6.33. The molecule has 0 radical (unpaired) electrons. The fourth-order valence-corrected chi connectivity index (χ4v) is 3.64. The fraction of sp³-hybridized carbons (Fsp3) is 0.421. The van der Waals surface area contributed by atoms with Gasteiger partial charge in [0.05, 0.1) is 22.9 Å². The number of benzene rings is 1. The van der Waals surface area contributed by atoms with E-state index in [0.29, 0.717) is 22.4 Å². The predicted molar refractivity (Wildman–Crippen MR) is 104 cm³/mol. The van der Waals surface area contributed by atoms with Crippen molar-refractivity contribution in [3.05, 3.63) is 41.6 Å². The molecule has 7 nitrogen and oxygen atoms in total. The van der Waals surface area contributed by atoms with E-state index in [4.69, 9.17) is 11.6 Å². The quantitative estimate of drug-likeness (QED) is 0.838. The van der Waals surface area contributed by atoms with E-state index < -0.39 is 0 Å². The van der Waals surface area contributed by atoms with Gasteiger partial charge in [0.25, 0.3) is 0 Å². The van der Waals surface area contributed by atoms with Crippen LogP contribution >= 0.6 is 11.6 Å². The highest BCUT2D eigenvalue weighted by Crippen LogP contribution is 2.33. The largest absolute Gasteiger partial charge is 0.342 e. The first kappa shape index (κ1) is 17.9. The predicted octanol–water partition coefficient (Wildman–Crippen LogP) is 3.75. The van der Waals surface area contributed by atoms with Crippen molar-refractivity contribution in [2.45, 2.75) is 31.7 Å². The molecule has 8 heteroatoms. The SMILES string of the molecule is O=C(Nc1ccccc1Cl)Nc1ccnn1C1CCN(C(=O)C2CC2)CC1. The molecule has 142 valence electrons. The number of urea groups is 1. The molecule has 0 bridgehead atoms. The van der Waals surface area contributed by atoms with Crippen molar-refractivity contribution in [1.82, 2.24) is 14.7 Å². The zero-order chi connectivity index (χ0) is 18.8. The molecule has 0 atom stereocenters. The van der Waals surface area contributed by atoms with Crippen LogP contribution in [0.25, 0.3) is 0 Å². The van der Waals surface area contributed by atoms with E-state index in [-0.39, 0.29) is 18.0 Å². The van der Waals surface area contributed by atoms with Crippen LogP contribution < -0.4 is 10.6 Å². The number of hydrogen-bond acceptors (Lipinski definition) is 3. The third-order valence-corrected chi connectivity index (χ3v) is 5.41. The van der Waals surface area contributed by atoms with Crippen LogP contribution in [0, 0.1) is 5.92 Å². The summed E-state index contributed by atoms with van der Waals surface area (Å²) in [5.41, 5.74) is 0.551. The van der Waals surface area contributed by atoms with Crippen molar-refractivity contribution in [3.8, 4) is 0 Å². The van der Waals surface area contributed by atoms with E-state index >= 15 is 0 Å². The zero-order valence-corrected chi connectivity index (χ0v) is 15.7. The van der Waals surface area contributed by atoms with Gasteiger partial charge >= 0.3 is 6.03 Å². The Labute approximate surface area is 162 Å². The number of hydrogen-bond donors (Lipinski definition) is 2. The smallest absolute Gasteiger partial charge is 0.324 e. The van der Waals surface area contributed by atoms with Gasteiger partial charge < -0.3 is 10.2 Å². The molecule has 3 amide bonds. The molecule has 1 aliphatic carbocycles. The highest BCUT2D eigenvalue weighted by Gasteiger charge is 2.35. The summed E-state index contributed by atoms with van der Waals surface area (Å²) in [6, 6.07) is 8.64. The molecule has 2 heterocycles. The van der Waals surface area contributed by atoms with Crippen molar-refractivity contribution in [3.63, 3.8) is 0 Å². The summed E-state index contributed by atoms with van der Waals surface area (Å²) in [5, 5.41) is 10.4. The lowest BCUT2D eigenvalue weighted by Crippen LogP contribution is -2.40. The van der Waals surface area contributed by atoms with Gasteiger partial charge in [0.15, 0.2) is 0 Å². The Morgan fingerprint density at radius 2 is 1.78 bits per heavy atom. The van der Waals surface area contributed by atoms with Crippen LogP contribution in [0.2, 0.25) is 5.02 Å². The van der Waals surface area contributed by atoms with Crippen LogP contribution in [0.4, 0.5) is 16.3 Å². The molecule has 1 saturated heterocycles. The van der Waals surface area contributed by atoms with Gasteiger partial charge in [-0.3, -0.25) is 10.1 Å². The molecule has 1 aliphatic heterocycles. The van der Waals surface area contributed by atoms with Crippen molar-refractivity contribution < 1.29 is 9.59 Å². The minimum absolute atomic E-state index is 0.166. The lowest BCUT2D eigenvalue weighted by atomic mass is 10.0. The van der Waals surface area contributed by atoms with Gasteiger partial charge in [-0.2, -0.15) is 5.10 Å². The van der Waals surface area contributed by atoms with E-state index in [1.54, 1.807) is 30.5 Å². The second kappa shape index (κ2) is 7.60. The van der Waals surface area contributed by atoms with E-state index in [2.05, 4.69) is 15.7 Å². The number of carbonyl (C=O) groups is 2. The summed E-state index contributed by atoms with van der Waals surface area (Å²) >= 11 is 6.08. The van der Waals surface area contributed by atoms with Crippen LogP contribution in [0.15, 0.2) is 36.5 Å². The highest BCUT2D eigenvalue weighted by atomic mass is 35.5. The van der Waals surface area contributed by atoms with Crippen molar-refractivity contribution >= 4 is 35.0 Å². The third-order valence-electron chi connectivity index (χ3n) is 5.08. The molecule has 0 spiro atoms. The topological polar surface area (TPSA) is 79.3 Å². The maximum absolute atomic E-state index is 12.3. The van der Waals surface area contributed by atoms with Gasteiger partial charge in [0.1, 0.15) is 5.82 Å². The number of anilines is 2. The molecular weight excluding hydrogens is 366 g/mol. The first-order valence-corrected chi connectivity index (χ1v) is 9.64. The van der Waals surface area contributed by atoms with Crippen LogP contribution in [0.5, 0.6) is 0 Å². The van der Waals surface area contributed by atoms with Crippen molar-refractivity contribution in [2.75, 3.05) is 23.7 Å². The molecule has 1 aromatic heterocycles. The molecule has 2 aliphatic rings. The first-order chi connectivity index (χ1) is 13.1. The Kier molecular flexibility index (Phi) is 5.03. The Bertz CT molecular complexity index is 840. The Balaban J connectivity index is 1.36. The fourth-order valence-electron chi connectivity index (χ4n) is 3.46. The van der Waals surface area contributed by atoms with Gasteiger partial charge in [0, 0.05) is 25.1 Å². The van der Waals surface area contributed by atoms with Crippen LogP contribution in [0.3, 0.4) is 0 Å². The standard InChI is InChI=1S/C19H22ClN5O2/c20-15-3-1-2-4-16(15)22-19(27)23-17-7-10-21-25(17)14-8-11-24(12-9-14)18(26)13-5-6-13/h1-4,7,10,13-14H,5-6,8-9,11-12H2,(H2,22,23,27). The number of piperidine rings is 1. The maximum atomic E-state index is 12.3. The Morgan fingerprint density at radius 1 is 1.04 bits per heavy atom. The second-order valence-corrected chi connectivity index (χ2v) is 7.46. The summed E-state index contributed by atoms with van der Waals surface area (Å²) in [6.07, 6.45) is 5.41. The summed E-state index contributed by atoms with van der Waals surface area (Å²) < 4.78 is 1.84. The number of amides is 3. The lowest BCUT2D eigenvalue weighted by molar-refractivity contribution is -0.133. The average molecular weight is 388 g/mol. The van der Waals surface area contributed by atoms with E-state index in [1.165, 1.54) is 0 Å². The average Bonchev–Trinajstić information content (AvgIpc) is 3.43. The molecule has 2 aromatic rings. The normalized spacial score (nSPS) is 17.6. The summed E-state index contributed by atoms with van der Waals surface area (Å²) in [6.45, 7) is 1.48. The van der Waals surface area contributed by atoms with Gasteiger partial charge in [0.2, 0.25) is 5.91 Å². The van der Waals surface area contributed by atoms with Crippen LogP contribution in [0.1, 0.15) is 31.7 Å². The number of nitrogens with zero attached hydrogens (tertiary/aromatic N) is 3. The van der Waals surface area contributed by atoms with E-state index in [9.17, 15) is 9.59 Å². The zero-order valence-electron chi connectivity index (χ0n) is 14.9. The molecule has 0 unspecified atom stereocenters. The number of likely N-dealkylation sites (tertiary alicyclic amines) is 1. The molecule has 2 N–H and O–H groups in total. The Morgan fingerprint density at radius 3 is 2.48 bits per heavy atom. The minimum Gasteiger partial charge on any atom is -0.342 e. The monoisotopic (exact) mass is 387 g/mol. The van der Waals surface area contributed by atoms with Crippen LogP contribution in [-0.2, 0) is 4.79 Å². The van der Waals surface area contributed by atoms with Gasteiger partial charge in [-0.15, -0.1) is 0 Å². The maximum Gasteiger partial charge on any atom is 0.324 e. The molecule has 2 fully saturated rings. The van der Waals surface area contributed by atoms with Crippen molar-refractivity contribution in [2.24, 2.45) is 5.92 Å². The van der Waals surface area contributed by atoms with E-state index in [1.807, 2.05) is 15.6 Å². The number of aromatic nitrogens is 2. The first-order valence-electron chi connectivity index (χ1n) is 9.26. The third kappa shape index (κ3) is 4.08. The van der Waals surface area contributed by atoms with E-state index in [0.717, 1.165) is 38.8 Å². The summed E-state index contributed by atoms with van der Waals surface area (Å²) in [5.74, 6) is 1.19. The molecule has 27 heavy (non-hydrogen) atoms. The number of rotatable bonds is 4. The summed E-state index contributed by atoms with van der Waals surface area (Å²) in [7, 11) is 0. The minimum atomic E-state index is -0.369. The summed E-state index contributed by atoms with van der Waals surface area (Å²) in [4.78, 5) is 26.5. The number of nitrogens with one attached hydrogen (secondary N) is 2. The lowest BCUT2D eigenvalue weighted by Gasteiger charge is -2.32. The number of para-hydroxylation sites is 1. The van der Waals surface area contributed by atoms with Gasteiger partial charge in [-0.25, -0.2) is 9.48 Å². The number of carbonyl (C=O) groups excluding carboxylic acids is 2.